The van der Waals surface area contributed by atoms with Gasteiger partial charge in [-0.15, -0.1) is 0 Å². The normalized spacial score (nSPS) is 18.0. The second-order valence-corrected chi connectivity index (χ2v) is 8.03. The van der Waals surface area contributed by atoms with Gasteiger partial charge in [0, 0.05) is 0 Å². The molecule has 0 spiro atoms. The molecule has 30 heavy (non-hydrogen) atoms. The molecule has 1 fully saturated rings. The van der Waals surface area contributed by atoms with Crippen LogP contribution in [0.4, 0.5) is 4.79 Å². The molecule has 1 heterocycles. The van der Waals surface area contributed by atoms with E-state index in [-0.39, 0.29) is 6.61 Å². The van der Waals surface area contributed by atoms with E-state index in [9.17, 15) is 14.7 Å². The number of ether oxygens (including phenoxy) is 1. The fraction of sp³-hybridized carbons (Fsp3) is 0.167. The molecule has 4 rings (SSSR count). The van der Waals surface area contributed by atoms with E-state index in [2.05, 4.69) is 15.9 Å². The first-order chi connectivity index (χ1) is 14.6. The lowest BCUT2D eigenvalue weighted by molar-refractivity contribution is -0.130. The third kappa shape index (κ3) is 4.01. The van der Waals surface area contributed by atoms with Crippen LogP contribution in [0.5, 0.6) is 0 Å². The predicted molar refractivity (Wildman–Crippen MR) is 117 cm³/mol. The van der Waals surface area contributed by atoms with Crippen LogP contribution in [0, 0.1) is 0 Å². The fourth-order valence-corrected chi connectivity index (χ4v) is 4.05. The van der Waals surface area contributed by atoms with E-state index in [1.54, 1.807) is 12.1 Å². The number of carbonyl (C=O) groups is 2. The Kier molecular flexibility index (Phi) is 5.97. The minimum absolute atomic E-state index is 0.0934. The first-order valence-electron chi connectivity index (χ1n) is 9.58. The number of benzene rings is 3. The van der Waals surface area contributed by atoms with Crippen molar-refractivity contribution in [1.82, 2.24) is 4.90 Å². The quantitative estimate of drug-likeness (QED) is 0.545. The van der Waals surface area contributed by atoms with Crippen LogP contribution in [0.15, 0.2) is 84.9 Å². The average Bonchev–Trinajstić information content (AvgIpc) is 3.20. The molecule has 3 aromatic rings. The summed E-state index contributed by atoms with van der Waals surface area (Å²) in [4.78, 5) is 25.4. The van der Waals surface area contributed by atoms with E-state index in [0.717, 1.165) is 21.6 Å². The van der Waals surface area contributed by atoms with Gasteiger partial charge in [0.25, 0.3) is 0 Å². The Morgan fingerprint density at radius 3 is 2.13 bits per heavy atom. The van der Waals surface area contributed by atoms with Gasteiger partial charge in [-0.05, 0) is 22.3 Å². The molecule has 0 aliphatic carbocycles. The molecule has 6 heteroatoms. The maximum Gasteiger partial charge on any atom is 0.417 e. The second kappa shape index (κ2) is 8.81. The predicted octanol–water partition coefficient (Wildman–Crippen LogP) is 4.87. The van der Waals surface area contributed by atoms with Crippen molar-refractivity contribution in [3.63, 3.8) is 0 Å². The van der Waals surface area contributed by atoms with Crippen molar-refractivity contribution >= 4 is 27.9 Å². The minimum Gasteiger partial charge on any atom is -0.446 e. The molecule has 0 saturated carbocycles. The van der Waals surface area contributed by atoms with Crippen LogP contribution >= 0.6 is 15.9 Å². The molecule has 2 amide bonds. The standard InChI is InChI=1S/C24H20BrNO4/c25-21(22(27)19-13-11-17(12-14-19)16-7-3-1-4-8-16)23(28)26-20(15-30-24(26)29)18-9-5-2-6-10-18/h1-14,20-22,27H,15H2/t20-,21+,22+/m0/s1. The third-order valence-electron chi connectivity index (χ3n) is 5.17. The zero-order chi connectivity index (χ0) is 21.1. The number of cyclic esters (lactones) is 1. The Morgan fingerprint density at radius 2 is 1.50 bits per heavy atom. The van der Waals surface area contributed by atoms with E-state index in [4.69, 9.17) is 4.74 Å². The molecule has 0 radical (unpaired) electrons. The van der Waals surface area contributed by atoms with Crippen molar-refractivity contribution in [2.45, 2.75) is 17.0 Å². The molecule has 1 N–H and O–H groups in total. The van der Waals surface area contributed by atoms with Crippen LogP contribution in [0.2, 0.25) is 0 Å². The van der Waals surface area contributed by atoms with E-state index >= 15 is 0 Å². The van der Waals surface area contributed by atoms with Crippen LogP contribution in [0.25, 0.3) is 11.1 Å². The van der Waals surface area contributed by atoms with E-state index in [1.807, 2.05) is 72.8 Å². The van der Waals surface area contributed by atoms with Gasteiger partial charge in [-0.3, -0.25) is 4.79 Å². The number of imide groups is 1. The number of nitrogens with zero attached hydrogens (tertiary/aromatic N) is 1. The largest absolute Gasteiger partial charge is 0.446 e. The maximum atomic E-state index is 13.1. The first-order valence-corrected chi connectivity index (χ1v) is 10.5. The smallest absolute Gasteiger partial charge is 0.417 e. The van der Waals surface area contributed by atoms with E-state index in [0.29, 0.717) is 5.56 Å². The van der Waals surface area contributed by atoms with Crippen LogP contribution < -0.4 is 0 Å². The summed E-state index contributed by atoms with van der Waals surface area (Å²) in [5, 5.41) is 10.8. The number of amides is 2. The zero-order valence-corrected chi connectivity index (χ0v) is 17.6. The van der Waals surface area contributed by atoms with Crippen LogP contribution in [0.3, 0.4) is 0 Å². The molecule has 1 aliphatic rings. The zero-order valence-electron chi connectivity index (χ0n) is 16.0. The highest BCUT2D eigenvalue weighted by atomic mass is 79.9. The Bertz CT molecular complexity index is 1020. The summed E-state index contributed by atoms with van der Waals surface area (Å²) in [6, 6.07) is 26.0. The Hall–Kier alpha value is -2.96. The molecular formula is C24H20BrNO4. The molecule has 1 aliphatic heterocycles. The van der Waals surface area contributed by atoms with Crippen molar-refractivity contribution in [2.24, 2.45) is 0 Å². The summed E-state index contributed by atoms with van der Waals surface area (Å²) in [6.07, 6.45) is -1.82. The Morgan fingerprint density at radius 1 is 0.933 bits per heavy atom. The highest BCUT2D eigenvalue weighted by Gasteiger charge is 2.42. The number of alkyl halides is 1. The lowest BCUT2D eigenvalue weighted by Crippen LogP contribution is -2.41. The number of aliphatic hydroxyl groups excluding tert-OH is 1. The summed E-state index contributed by atoms with van der Waals surface area (Å²) < 4.78 is 5.12. The minimum atomic E-state index is -1.12. The van der Waals surface area contributed by atoms with Crippen molar-refractivity contribution in [2.75, 3.05) is 6.61 Å². The van der Waals surface area contributed by atoms with E-state index < -0.39 is 29.0 Å². The molecule has 3 atom stereocenters. The summed E-state index contributed by atoms with van der Waals surface area (Å²) in [5.74, 6) is -0.536. The number of hydrogen-bond acceptors (Lipinski definition) is 4. The number of carbonyl (C=O) groups excluding carboxylic acids is 2. The monoisotopic (exact) mass is 465 g/mol. The maximum absolute atomic E-state index is 13.1. The van der Waals surface area contributed by atoms with Gasteiger partial charge in [0.05, 0.1) is 0 Å². The molecule has 0 aromatic heterocycles. The number of halogens is 1. The summed E-state index contributed by atoms with van der Waals surface area (Å²) in [5.41, 5.74) is 3.46. The highest BCUT2D eigenvalue weighted by Crippen LogP contribution is 2.33. The average molecular weight is 466 g/mol. The summed E-state index contributed by atoms with van der Waals surface area (Å²) in [7, 11) is 0. The van der Waals surface area contributed by atoms with Gasteiger partial charge in [-0.25, -0.2) is 9.69 Å². The number of aliphatic hydroxyl groups is 1. The lowest BCUT2D eigenvalue weighted by atomic mass is 10.00. The molecule has 152 valence electrons. The second-order valence-electron chi connectivity index (χ2n) is 7.05. The number of rotatable bonds is 5. The van der Waals surface area contributed by atoms with Gasteiger partial charge in [0.1, 0.15) is 23.6 Å². The van der Waals surface area contributed by atoms with Gasteiger partial charge in [-0.2, -0.15) is 0 Å². The van der Waals surface area contributed by atoms with Crippen molar-refractivity contribution in [3.05, 3.63) is 96.1 Å². The van der Waals surface area contributed by atoms with Gasteiger partial charge < -0.3 is 9.84 Å². The van der Waals surface area contributed by atoms with Crippen LogP contribution in [-0.2, 0) is 9.53 Å². The molecule has 5 nitrogen and oxygen atoms in total. The molecular weight excluding hydrogens is 446 g/mol. The first kappa shape index (κ1) is 20.3. The van der Waals surface area contributed by atoms with Crippen LogP contribution in [0.1, 0.15) is 23.3 Å². The van der Waals surface area contributed by atoms with Crippen molar-refractivity contribution < 1.29 is 19.4 Å². The summed E-state index contributed by atoms with van der Waals surface area (Å²) in [6.45, 7) is 0.0934. The Labute approximate surface area is 183 Å². The molecule has 3 aromatic carbocycles. The SMILES string of the molecule is O=C1OC[C@@H](c2ccccc2)N1C(=O)[C@H](Br)[C@H](O)c1ccc(-c2ccccc2)cc1. The van der Waals surface area contributed by atoms with E-state index in [1.165, 1.54) is 0 Å². The summed E-state index contributed by atoms with van der Waals surface area (Å²) >= 11 is 3.30. The number of hydrogen-bond donors (Lipinski definition) is 1. The third-order valence-corrected chi connectivity index (χ3v) is 6.06. The van der Waals surface area contributed by atoms with Gasteiger partial charge in [-0.1, -0.05) is 101 Å². The Balaban J connectivity index is 1.52. The van der Waals surface area contributed by atoms with Crippen molar-refractivity contribution in [3.8, 4) is 11.1 Å². The fourth-order valence-electron chi connectivity index (χ4n) is 3.53. The van der Waals surface area contributed by atoms with Gasteiger partial charge in [0.15, 0.2) is 0 Å². The molecule has 1 saturated heterocycles. The topological polar surface area (TPSA) is 66.8 Å². The van der Waals surface area contributed by atoms with Crippen molar-refractivity contribution in [1.29, 1.82) is 0 Å². The molecule has 0 unspecified atom stereocenters. The van der Waals surface area contributed by atoms with Gasteiger partial charge in [0.2, 0.25) is 5.91 Å². The lowest BCUT2D eigenvalue weighted by Gasteiger charge is -2.25. The van der Waals surface area contributed by atoms with Crippen LogP contribution in [-0.4, -0.2) is 33.4 Å². The molecule has 0 bridgehead atoms. The van der Waals surface area contributed by atoms with Gasteiger partial charge >= 0.3 is 6.09 Å². The highest BCUT2D eigenvalue weighted by molar-refractivity contribution is 9.10.